The van der Waals surface area contributed by atoms with E-state index in [0.717, 1.165) is 15.2 Å². The van der Waals surface area contributed by atoms with Crippen molar-refractivity contribution in [1.82, 2.24) is 14.5 Å². The highest BCUT2D eigenvalue weighted by Gasteiger charge is 2.14. The highest BCUT2D eigenvalue weighted by Crippen LogP contribution is 2.22. The first kappa shape index (κ1) is 11.1. The molecule has 2 heterocycles. The summed E-state index contributed by atoms with van der Waals surface area (Å²) in [6.45, 7) is 0. The van der Waals surface area contributed by atoms with Gasteiger partial charge in [0, 0.05) is 19.4 Å². The number of ketones is 1. The number of nitrogens with zero attached hydrogens (tertiary/aromatic N) is 3. The Morgan fingerprint density at radius 3 is 2.94 bits per heavy atom. The molecule has 0 saturated carbocycles. The van der Waals surface area contributed by atoms with E-state index in [1.165, 1.54) is 0 Å². The zero-order valence-electron chi connectivity index (χ0n) is 9.83. The van der Waals surface area contributed by atoms with Gasteiger partial charge in [0.25, 0.3) is 0 Å². The number of benzene rings is 1. The Kier molecular flexibility index (Phi) is 2.68. The van der Waals surface area contributed by atoms with Gasteiger partial charge in [-0.25, -0.2) is 9.97 Å². The molecule has 0 atom stereocenters. The maximum atomic E-state index is 12.1. The highest BCUT2D eigenvalue weighted by atomic mass is 32.1. The molecule has 0 aliphatic rings. The Hall–Kier alpha value is -2.01. The number of hydrogen-bond donors (Lipinski definition) is 0. The molecule has 0 radical (unpaired) electrons. The van der Waals surface area contributed by atoms with Gasteiger partial charge in [-0.1, -0.05) is 12.1 Å². The number of para-hydroxylation sites is 1. The third-order valence-corrected chi connectivity index (χ3v) is 3.76. The van der Waals surface area contributed by atoms with Crippen molar-refractivity contribution in [2.24, 2.45) is 7.05 Å². The van der Waals surface area contributed by atoms with E-state index in [0.29, 0.717) is 12.2 Å². The third-order valence-electron chi connectivity index (χ3n) is 2.72. The van der Waals surface area contributed by atoms with Gasteiger partial charge in [0.1, 0.15) is 5.01 Å². The summed E-state index contributed by atoms with van der Waals surface area (Å²) in [4.78, 5) is 20.6. The molecule has 0 aliphatic carbocycles. The third kappa shape index (κ3) is 1.93. The fourth-order valence-corrected chi connectivity index (χ4v) is 2.81. The number of carbonyl (C=O) groups is 1. The molecule has 0 aliphatic heterocycles. The summed E-state index contributed by atoms with van der Waals surface area (Å²) in [6.07, 6.45) is 3.71. The minimum atomic E-state index is 0.00144. The first-order valence-corrected chi connectivity index (χ1v) is 6.40. The van der Waals surface area contributed by atoms with E-state index < -0.39 is 0 Å². The number of imidazole rings is 1. The second kappa shape index (κ2) is 4.34. The molecule has 18 heavy (non-hydrogen) atoms. The van der Waals surface area contributed by atoms with Gasteiger partial charge in [0.05, 0.1) is 16.6 Å². The lowest BCUT2D eigenvalue weighted by atomic mass is 10.3. The van der Waals surface area contributed by atoms with Crippen LogP contribution in [-0.4, -0.2) is 20.3 Å². The van der Waals surface area contributed by atoms with Gasteiger partial charge in [-0.3, -0.25) is 4.79 Å². The molecule has 5 heteroatoms. The van der Waals surface area contributed by atoms with Crippen LogP contribution in [0.25, 0.3) is 10.2 Å². The molecule has 0 N–H and O–H groups in total. The fraction of sp³-hybridized carbons (Fsp3) is 0.154. The van der Waals surface area contributed by atoms with Gasteiger partial charge in [-0.2, -0.15) is 0 Å². The Labute approximate surface area is 108 Å². The van der Waals surface area contributed by atoms with Gasteiger partial charge in [-0.15, -0.1) is 11.3 Å². The molecule has 3 rings (SSSR count). The number of thiazole rings is 1. The van der Waals surface area contributed by atoms with Gasteiger partial charge in [0.2, 0.25) is 5.78 Å². The lowest BCUT2D eigenvalue weighted by molar-refractivity contribution is 0.0980. The van der Waals surface area contributed by atoms with Crippen LogP contribution in [0.2, 0.25) is 0 Å². The van der Waals surface area contributed by atoms with Crippen LogP contribution in [0.15, 0.2) is 36.7 Å². The molecular weight excluding hydrogens is 246 g/mol. The second-order valence-corrected chi connectivity index (χ2v) is 5.15. The smallest absolute Gasteiger partial charge is 0.205 e. The Morgan fingerprint density at radius 2 is 2.22 bits per heavy atom. The second-order valence-electron chi connectivity index (χ2n) is 4.04. The maximum Gasteiger partial charge on any atom is 0.205 e. The molecule has 0 saturated heterocycles. The van der Waals surface area contributed by atoms with Gasteiger partial charge < -0.3 is 4.57 Å². The van der Waals surface area contributed by atoms with Crippen LogP contribution in [0.1, 0.15) is 15.6 Å². The van der Waals surface area contributed by atoms with E-state index in [4.69, 9.17) is 0 Å². The number of aromatic nitrogens is 3. The van der Waals surface area contributed by atoms with Crippen molar-refractivity contribution in [2.75, 3.05) is 0 Å². The lowest BCUT2D eigenvalue weighted by Crippen LogP contribution is -2.09. The number of hydrogen-bond acceptors (Lipinski definition) is 4. The van der Waals surface area contributed by atoms with Crippen LogP contribution >= 0.6 is 11.3 Å². The predicted molar refractivity (Wildman–Crippen MR) is 70.9 cm³/mol. The Bertz CT molecular complexity index is 681. The number of carbonyl (C=O) groups excluding carboxylic acids is 1. The van der Waals surface area contributed by atoms with Gasteiger partial charge >= 0.3 is 0 Å². The summed E-state index contributed by atoms with van der Waals surface area (Å²) < 4.78 is 2.84. The highest BCUT2D eigenvalue weighted by molar-refractivity contribution is 7.18. The van der Waals surface area contributed by atoms with Crippen molar-refractivity contribution in [2.45, 2.75) is 6.42 Å². The summed E-state index contributed by atoms with van der Waals surface area (Å²) in [5.74, 6) is 0.482. The first-order chi connectivity index (χ1) is 8.74. The van der Waals surface area contributed by atoms with Crippen molar-refractivity contribution in [3.63, 3.8) is 0 Å². The van der Waals surface area contributed by atoms with Crippen LogP contribution in [0.5, 0.6) is 0 Å². The predicted octanol–water partition coefficient (Wildman–Crippen LogP) is 2.46. The van der Waals surface area contributed by atoms with Crippen molar-refractivity contribution >= 4 is 27.3 Å². The summed E-state index contributed by atoms with van der Waals surface area (Å²) in [6, 6.07) is 7.90. The SMILES string of the molecule is Cn1ccnc1C(=O)Cc1nc2ccccc2s1. The van der Waals surface area contributed by atoms with Crippen molar-refractivity contribution in [1.29, 1.82) is 0 Å². The monoisotopic (exact) mass is 257 g/mol. The molecule has 4 nitrogen and oxygen atoms in total. The zero-order chi connectivity index (χ0) is 12.5. The molecule has 90 valence electrons. The molecule has 0 fully saturated rings. The molecule has 3 aromatic rings. The minimum absolute atomic E-state index is 0.00144. The van der Waals surface area contributed by atoms with Crippen molar-refractivity contribution in [3.8, 4) is 0 Å². The maximum absolute atomic E-state index is 12.1. The van der Waals surface area contributed by atoms with Crippen LogP contribution in [0, 0.1) is 0 Å². The average Bonchev–Trinajstić information content (AvgIpc) is 2.94. The molecule has 0 amide bonds. The Morgan fingerprint density at radius 1 is 1.39 bits per heavy atom. The molecule has 2 aromatic heterocycles. The van der Waals surface area contributed by atoms with Crippen LogP contribution in [-0.2, 0) is 13.5 Å². The van der Waals surface area contributed by atoms with Crippen LogP contribution in [0.3, 0.4) is 0 Å². The average molecular weight is 257 g/mol. The van der Waals surface area contributed by atoms with Crippen molar-refractivity contribution in [3.05, 3.63) is 47.5 Å². The standard InChI is InChI=1S/C13H11N3OS/c1-16-7-6-14-13(16)10(17)8-12-15-9-4-2-3-5-11(9)18-12/h2-7H,8H2,1H3. The number of fused-ring (bicyclic) bond motifs is 1. The molecule has 0 unspecified atom stereocenters. The van der Waals surface area contributed by atoms with Crippen LogP contribution in [0.4, 0.5) is 0 Å². The number of rotatable bonds is 3. The van der Waals surface area contributed by atoms with E-state index in [1.54, 1.807) is 28.3 Å². The number of aryl methyl sites for hydroxylation is 1. The van der Waals surface area contributed by atoms with E-state index in [9.17, 15) is 4.79 Å². The van der Waals surface area contributed by atoms with E-state index >= 15 is 0 Å². The fourth-order valence-electron chi connectivity index (χ4n) is 1.85. The summed E-state index contributed by atoms with van der Waals surface area (Å²) in [5, 5.41) is 0.837. The van der Waals surface area contributed by atoms with E-state index in [2.05, 4.69) is 9.97 Å². The molecule has 0 bridgehead atoms. The largest absolute Gasteiger partial charge is 0.332 e. The van der Waals surface area contributed by atoms with E-state index in [-0.39, 0.29) is 5.78 Å². The topological polar surface area (TPSA) is 47.8 Å². The lowest BCUT2D eigenvalue weighted by Gasteiger charge is -1.98. The Balaban J connectivity index is 1.88. The first-order valence-electron chi connectivity index (χ1n) is 5.59. The summed E-state index contributed by atoms with van der Waals surface area (Å²) in [7, 11) is 1.82. The molecular formula is C13H11N3OS. The van der Waals surface area contributed by atoms with E-state index in [1.807, 2.05) is 31.3 Å². The summed E-state index contributed by atoms with van der Waals surface area (Å²) >= 11 is 1.56. The van der Waals surface area contributed by atoms with Crippen molar-refractivity contribution < 1.29 is 4.79 Å². The van der Waals surface area contributed by atoms with Gasteiger partial charge in [-0.05, 0) is 12.1 Å². The number of Topliss-reactive ketones (excluding diaryl/α,β-unsaturated/α-hetero) is 1. The van der Waals surface area contributed by atoms with Gasteiger partial charge in [0.15, 0.2) is 5.82 Å². The summed E-state index contributed by atoms with van der Waals surface area (Å²) in [5.41, 5.74) is 0.949. The van der Waals surface area contributed by atoms with Crippen LogP contribution < -0.4 is 0 Å². The normalized spacial score (nSPS) is 10.9. The minimum Gasteiger partial charge on any atom is -0.332 e. The zero-order valence-corrected chi connectivity index (χ0v) is 10.6. The quantitative estimate of drug-likeness (QED) is 0.677. The molecule has 1 aromatic carbocycles. The molecule has 0 spiro atoms.